The molecule has 0 radical (unpaired) electrons. The summed E-state index contributed by atoms with van der Waals surface area (Å²) in [5.41, 5.74) is 0.556. The molecule has 106 valence electrons. The summed E-state index contributed by atoms with van der Waals surface area (Å²) in [5, 5.41) is 3.51. The van der Waals surface area contributed by atoms with Gasteiger partial charge in [-0.1, -0.05) is 12.5 Å². The van der Waals surface area contributed by atoms with Crippen LogP contribution < -0.4 is 5.32 Å². The summed E-state index contributed by atoms with van der Waals surface area (Å²) in [5.74, 6) is -0.974. The average molecular weight is 268 g/mol. The van der Waals surface area contributed by atoms with E-state index in [0.29, 0.717) is 18.2 Å². The molecular formula is C15H22F2N2. The van der Waals surface area contributed by atoms with Gasteiger partial charge in [-0.2, -0.15) is 0 Å². The van der Waals surface area contributed by atoms with Crippen molar-refractivity contribution in [1.82, 2.24) is 10.2 Å². The lowest BCUT2D eigenvalue weighted by molar-refractivity contribution is 0.279. The lowest BCUT2D eigenvalue weighted by Crippen LogP contribution is -2.36. The largest absolute Gasteiger partial charge is 0.314 e. The number of halogens is 2. The summed E-state index contributed by atoms with van der Waals surface area (Å²) in [4.78, 5) is 2.09. The van der Waals surface area contributed by atoms with Gasteiger partial charge in [0.2, 0.25) is 0 Å². The zero-order chi connectivity index (χ0) is 13.7. The van der Waals surface area contributed by atoms with Gasteiger partial charge in [0.15, 0.2) is 0 Å². The van der Waals surface area contributed by atoms with E-state index in [1.807, 2.05) is 7.05 Å². The Bertz CT molecular complexity index is 403. The molecule has 0 amide bonds. The highest BCUT2D eigenvalue weighted by Crippen LogP contribution is 2.13. The minimum Gasteiger partial charge on any atom is -0.314 e. The Morgan fingerprint density at radius 1 is 1.32 bits per heavy atom. The second-order valence-corrected chi connectivity index (χ2v) is 5.41. The van der Waals surface area contributed by atoms with Gasteiger partial charge >= 0.3 is 0 Å². The van der Waals surface area contributed by atoms with Crippen LogP contribution in [0.2, 0.25) is 0 Å². The van der Waals surface area contributed by atoms with Crippen LogP contribution in [0.3, 0.4) is 0 Å². The quantitative estimate of drug-likeness (QED) is 0.883. The number of nitrogens with zero attached hydrogens (tertiary/aromatic N) is 1. The molecule has 1 atom stereocenters. The van der Waals surface area contributed by atoms with E-state index in [9.17, 15) is 8.78 Å². The molecule has 0 aliphatic carbocycles. The van der Waals surface area contributed by atoms with Crippen molar-refractivity contribution in [2.75, 3.05) is 20.1 Å². The molecule has 2 nitrogen and oxygen atoms in total. The molecule has 0 saturated carbocycles. The first kappa shape index (κ1) is 14.4. The zero-order valence-electron chi connectivity index (χ0n) is 11.5. The third-order valence-electron chi connectivity index (χ3n) is 3.73. The Morgan fingerprint density at radius 3 is 2.84 bits per heavy atom. The second-order valence-electron chi connectivity index (χ2n) is 5.41. The molecular weight excluding hydrogens is 246 g/mol. The van der Waals surface area contributed by atoms with Crippen molar-refractivity contribution in [2.45, 2.75) is 38.3 Å². The van der Waals surface area contributed by atoms with Crippen molar-refractivity contribution in [2.24, 2.45) is 0 Å². The minimum atomic E-state index is -0.518. The van der Waals surface area contributed by atoms with Crippen molar-refractivity contribution in [1.29, 1.82) is 0 Å². The van der Waals surface area contributed by atoms with Crippen LogP contribution in [0.5, 0.6) is 0 Å². The lowest BCUT2D eigenvalue weighted by Gasteiger charge is -2.26. The van der Waals surface area contributed by atoms with Crippen molar-refractivity contribution >= 4 is 0 Å². The molecule has 1 aliphatic rings. The number of benzene rings is 1. The standard InChI is InChI=1S/C15H22F2N2/c1-19(9-7-14-4-2-3-8-18-14)11-12-5-6-13(16)10-15(12)17/h5-6,10,14,18H,2-4,7-9,11H2,1H3. The summed E-state index contributed by atoms with van der Waals surface area (Å²) >= 11 is 0. The monoisotopic (exact) mass is 268 g/mol. The number of hydrogen-bond donors (Lipinski definition) is 1. The molecule has 1 aliphatic heterocycles. The summed E-state index contributed by atoms with van der Waals surface area (Å²) in [6.45, 7) is 2.56. The van der Waals surface area contributed by atoms with Gasteiger partial charge in [-0.25, -0.2) is 8.78 Å². The van der Waals surface area contributed by atoms with E-state index in [2.05, 4.69) is 10.2 Å². The molecule has 1 unspecified atom stereocenters. The normalized spacial score (nSPS) is 19.9. The number of piperidine rings is 1. The summed E-state index contributed by atoms with van der Waals surface area (Å²) in [7, 11) is 1.98. The first-order valence-corrected chi connectivity index (χ1v) is 7.01. The zero-order valence-corrected chi connectivity index (χ0v) is 11.5. The summed E-state index contributed by atoms with van der Waals surface area (Å²) in [6, 6.07) is 4.38. The van der Waals surface area contributed by atoms with Crippen molar-refractivity contribution in [3.63, 3.8) is 0 Å². The van der Waals surface area contributed by atoms with E-state index >= 15 is 0 Å². The molecule has 1 aromatic rings. The van der Waals surface area contributed by atoms with Gasteiger partial charge in [0.1, 0.15) is 11.6 Å². The first-order valence-electron chi connectivity index (χ1n) is 7.01. The Balaban J connectivity index is 1.78. The van der Waals surface area contributed by atoms with Gasteiger partial charge in [0.25, 0.3) is 0 Å². The van der Waals surface area contributed by atoms with Gasteiger partial charge in [0, 0.05) is 24.2 Å². The molecule has 0 aromatic heterocycles. The van der Waals surface area contributed by atoms with Crippen molar-refractivity contribution in [3.05, 3.63) is 35.4 Å². The smallest absolute Gasteiger partial charge is 0.130 e. The van der Waals surface area contributed by atoms with Gasteiger partial charge in [-0.3, -0.25) is 0 Å². The first-order chi connectivity index (χ1) is 9.15. The maximum Gasteiger partial charge on any atom is 0.130 e. The van der Waals surface area contributed by atoms with Gasteiger partial charge in [0.05, 0.1) is 0 Å². The fourth-order valence-corrected chi connectivity index (χ4v) is 2.57. The maximum atomic E-state index is 13.5. The number of rotatable bonds is 5. The molecule has 4 heteroatoms. The highest BCUT2D eigenvalue weighted by molar-refractivity contribution is 5.18. The van der Waals surface area contributed by atoms with Crippen LogP contribution >= 0.6 is 0 Å². The highest BCUT2D eigenvalue weighted by Gasteiger charge is 2.13. The fraction of sp³-hybridized carbons (Fsp3) is 0.600. The number of hydrogen-bond acceptors (Lipinski definition) is 2. The highest BCUT2D eigenvalue weighted by atomic mass is 19.1. The fourth-order valence-electron chi connectivity index (χ4n) is 2.57. The Hall–Kier alpha value is -1.00. The third kappa shape index (κ3) is 4.55. The van der Waals surface area contributed by atoms with Crippen LogP contribution in [0.4, 0.5) is 8.78 Å². The maximum absolute atomic E-state index is 13.5. The number of nitrogens with one attached hydrogen (secondary N) is 1. The predicted octanol–water partition coefficient (Wildman–Crippen LogP) is 2.93. The molecule has 0 spiro atoms. The molecule has 0 bridgehead atoms. The topological polar surface area (TPSA) is 15.3 Å². The summed E-state index contributed by atoms with van der Waals surface area (Å²) in [6.07, 6.45) is 4.89. The molecule has 1 fully saturated rings. The molecule has 2 rings (SSSR count). The van der Waals surface area contributed by atoms with E-state index in [1.54, 1.807) is 0 Å². The Kier molecular flexibility index (Phi) is 5.28. The van der Waals surface area contributed by atoms with E-state index in [0.717, 1.165) is 25.6 Å². The molecule has 1 aromatic carbocycles. The average Bonchev–Trinajstić information content (AvgIpc) is 2.41. The van der Waals surface area contributed by atoms with E-state index in [4.69, 9.17) is 0 Å². The van der Waals surface area contributed by atoms with Crippen LogP contribution in [-0.4, -0.2) is 31.1 Å². The Labute approximate surface area is 113 Å². The molecule has 1 N–H and O–H groups in total. The SMILES string of the molecule is CN(CCC1CCCCN1)Cc1ccc(F)cc1F. The van der Waals surface area contributed by atoms with Crippen LogP contribution in [0.25, 0.3) is 0 Å². The van der Waals surface area contributed by atoms with E-state index in [-0.39, 0.29) is 0 Å². The van der Waals surface area contributed by atoms with E-state index in [1.165, 1.54) is 31.4 Å². The van der Waals surface area contributed by atoms with Gasteiger partial charge < -0.3 is 10.2 Å². The Morgan fingerprint density at radius 2 is 2.16 bits per heavy atom. The van der Waals surface area contributed by atoms with Crippen molar-refractivity contribution in [3.8, 4) is 0 Å². The lowest BCUT2D eigenvalue weighted by atomic mass is 10.0. The summed E-state index contributed by atoms with van der Waals surface area (Å²) < 4.78 is 26.3. The molecule has 1 saturated heterocycles. The van der Waals surface area contributed by atoms with Crippen LogP contribution in [0.1, 0.15) is 31.2 Å². The van der Waals surface area contributed by atoms with Crippen LogP contribution in [0, 0.1) is 11.6 Å². The molecule has 1 heterocycles. The van der Waals surface area contributed by atoms with Gasteiger partial charge in [-0.05, 0) is 45.5 Å². The van der Waals surface area contributed by atoms with E-state index < -0.39 is 11.6 Å². The third-order valence-corrected chi connectivity index (χ3v) is 3.73. The van der Waals surface area contributed by atoms with Crippen LogP contribution in [-0.2, 0) is 6.54 Å². The van der Waals surface area contributed by atoms with Crippen molar-refractivity contribution < 1.29 is 8.78 Å². The van der Waals surface area contributed by atoms with Gasteiger partial charge in [-0.15, -0.1) is 0 Å². The van der Waals surface area contributed by atoms with Crippen LogP contribution in [0.15, 0.2) is 18.2 Å². The predicted molar refractivity (Wildman–Crippen MR) is 73.0 cm³/mol. The molecule has 19 heavy (non-hydrogen) atoms. The second kappa shape index (κ2) is 6.96. The minimum absolute atomic E-state index is 0.456.